The molecule has 3 nitrogen and oxygen atoms in total. The van der Waals surface area contributed by atoms with Crippen molar-refractivity contribution in [3.05, 3.63) is 48.4 Å². The van der Waals surface area contributed by atoms with Gasteiger partial charge in [0.2, 0.25) is 5.88 Å². The average Bonchev–Trinajstić information content (AvgIpc) is 2.72. The van der Waals surface area contributed by atoms with Crippen LogP contribution in [0.2, 0.25) is 0 Å². The molecule has 0 aliphatic rings. The van der Waals surface area contributed by atoms with E-state index in [9.17, 15) is 0 Å². The first-order valence-electron chi connectivity index (χ1n) is 4.48. The third-order valence-corrected chi connectivity index (χ3v) is 2.04. The van der Waals surface area contributed by atoms with Gasteiger partial charge in [-0.05, 0) is 17.7 Å². The highest BCUT2D eigenvalue weighted by atomic mass is 16.5. The summed E-state index contributed by atoms with van der Waals surface area (Å²) in [5, 5.41) is 0. The third kappa shape index (κ3) is 1.93. The molecule has 0 radical (unpaired) electrons. The maximum atomic E-state index is 4.99. The molecule has 0 saturated carbocycles. The van der Waals surface area contributed by atoms with Crippen molar-refractivity contribution in [2.24, 2.45) is 0 Å². The topological polar surface area (TPSA) is 27.1 Å². The van der Waals surface area contributed by atoms with Crippen LogP contribution in [0.4, 0.5) is 0 Å². The lowest BCUT2D eigenvalue weighted by atomic mass is 10.3. The molecule has 0 N–H and O–H groups in total. The Labute approximate surface area is 83.0 Å². The van der Waals surface area contributed by atoms with Crippen LogP contribution in [0.25, 0.3) is 0 Å². The molecule has 2 aromatic heterocycles. The summed E-state index contributed by atoms with van der Waals surface area (Å²) in [5.74, 6) is 0.654. The number of aromatic nitrogens is 2. The molecule has 0 amide bonds. The van der Waals surface area contributed by atoms with E-state index in [1.165, 1.54) is 5.56 Å². The summed E-state index contributed by atoms with van der Waals surface area (Å²) in [5.41, 5.74) is 1.17. The highest BCUT2D eigenvalue weighted by molar-refractivity contribution is 5.18. The fraction of sp³-hybridized carbons (Fsp3) is 0.182. The van der Waals surface area contributed by atoms with E-state index in [0.717, 1.165) is 6.54 Å². The molecule has 72 valence electrons. The second-order valence-corrected chi connectivity index (χ2v) is 3.06. The van der Waals surface area contributed by atoms with Crippen LogP contribution >= 0.6 is 0 Å². The Balaban J connectivity index is 2.10. The zero-order chi connectivity index (χ0) is 9.80. The molecule has 0 saturated heterocycles. The van der Waals surface area contributed by atoms with Gasteiger partial charge in [0.05, 0.1) is 7.11 Å². The van der Waals surface area contributed by atoms with Crippen molar-refractivity contribution in [1.29, 1.82) is 0 Å². The van der Waals surface area contributed by atoms with Crippen LogP contribution < -0.4 is 4.74 Å². The van der Waals surface area contributed by atoms with Gasteiger partial charge in [-0.2, -0.15) is 0 Å². The van der Waals surface area contributed by atoms with E-state index in [1.807, 2.05) is 42.9 Å². The van der Waals surface area contributed by atoms with Crippen molar-refractivity contribution in [3.63, 3.8) is 0 Å². The fourth-order valence-corrected chi connectivity index (χ4v) is 1.31. The Hall–Kier alpha value is -1.77. The van der Waals surface area contributed by atoms with Crippen LogP contribution in [0.3, 0.4) is 0 Å². The largest absolute Gasteiger partial charge is 0.481 e. The molecule has 2 heterocycles. The Morgan fingerprint density at radius 2 is 2.07 bits per heavy atom. The number of ether oxygens (including phenoxy) is 1. The number of pyridine rings is 1. The van der Waals surface area contributed by atoms with Crippen molar-refractivity contribution >= 4 is 0 Å². The predicted octanol–water partition coefficient (Wildman–Crippen LogP) is 1.94. The molecule has 2 aromatic rings. The highest BCUT2D eigenvalue weighted by Gasteiger charge is 1.95. The lowest BCUT2D eigenvalue weighted by Gasteiger charge is -2.03. The molecular weight excluding hydrogens is 176 g/mol. The molecule has 0 spiro atoms. The lowest BCUT2D eigenvalue weighted by Crippen LogP contribution is -1.97. The second-order valence-electron chi connectivity index (χ2n) is 3.06. The maximum absolute atomic E-state index is 4.99. The van der Waals surface area contributed by atoms with E-state index in [2.05, 4.69) is 9.55 Å². The van der Waals surface area contributed by atoms with Gasteiger partial charge in [-0.1, -0.05) is 6.07 Å². The summed E-state index contributed by atoms with van der Waals surface area (Å²) in [7, 11) is 1.62. The van der Waals surface area contributed by atoms with E-state index in [-0.39, 0.29) is 0 Å². The van der Waals surface area contributed by atoms with Crippen LogP contribution in [-0.4, -0.2) is 16.7 Å². The first kappa shape index (κ1) is 8.81. The maximum Gasteiger partial charge on any atom is 0.212 e. The Morgan fingerprint density at radius 1 is 1.29 bits per heavy atom. The van der Waals surface area contributed by atoms with Gasteiger partial charge in [0, 0.05) is 31.2 Å². The summed E-state index contributed by atoms with van der Waals surface area (Å²) in [6.07, 6.45) is 5.90. The summed E-state index contributed by atoms with van der Waals surface area (Å²) < 4.78 is 7.09. The van der Waals surface area contributed by atoms with Gasteiger partial charge in [0.1, 0.15) is 0 Å². The molecule has 0 atom stereocenters. The molecule has 0 aromatic carbocycles. The van der Waals surface area contributed by atoms with Gasteiger partial charge >= 0.3 is 0 Å². The second kappa shape index (κ2) is 3.96. The van der Waals surface area contributed by atoms with Gasteiger partial charge < -0.3 is 9.30 Å². The minimum atomic E-state index is 0.654. The Kier molecular flexibility index (Phi) is 2.49. The standard InChI is InChI=1S/C11H12N2O/c1-14-11-5-4-10(8-12-11)9-13-6-2-3-7-13/h2-8H,9H2,1H3. The minimum Gasteiger partial charge on any atom is -0.481 e. The number of methoxy groups -OCH3 is 1. The molecule has 0 aliphatic heterocycles. The van der Waals surface area contributed by atoms with Gasteiger partial charge in [-0.25, -0.2) is 4.98 Å². The van der Waals surface area contributed by atoms with Gasteiger partial charge in [-0.3, -0.25) is 0 Å². The van der Waals surface area contributed by atoms with E-state index < -0.39 is 0 Å². The fourth-order valence-electron chi connectivity index (χ4n) is 1.31. The van der Waals surface area contributed by atoms with Crippen LogP contribution in [-0.2, 0) is 6.54 Å². The third-order valence-electron chi connectivity index (χ3n) is 2.04. The molecule has 0 unspecified atom stereocenters. The first-order chi connectivity index (χ1) is 6.88. The van der Waals surface area contributed by atoms with E-state index in [0.29, 0.717) is 5.88 Å². The number of hydrogen-bond acceptors (Lipinski definition) is 2. The summed E-state index contributed by atoms with van der Waals surface area (Å²) >= 11 is 0. The Bertz CT molecular complexity index is 378. The van der Waals surface area contributed by atoms with Crippen LogP contribution in [0, 0.1) is 0 Å². The molecule has 3 heteroatoms. The Morgan fingerprint density at radius 3 is 2.64 bits per heavy atom. The van der Waals surface area contributed by atoms with Crippen molar-refractivity contribution in [2.45, 2.75) is 6.54 Å². The first-order valence-corrected chi connectivity index (χ1v) is 4.48. The summed E-state index contributed by atoms with van der Waals surface area (Å²) in [6.45, 7) is 0.851. The quantitative estimate of drug-likeness (QED) is 0.736. The van der Waals surface area contributed by atoms with Crippen molar-refractivity contribution in [2.75, 3.05) is 7.11 Å². The minimum absolute atomic E-state index is 0.654. The van der Waals surface area contributed by atoms with E-state index in [4.69, 9.17) is 4.74 Å². The number of rotatable bonds is 3. The number of nitrogens with zero attached hydrogens (tertiary/aromatic N) is 2. The van der Waals surface area contributed by atoms with E-state index >= 15 is 0 Å². The van der Waals surface area contributed by atoms with Gasteiger partial charge in [0.25, 0.3) is 0 Å². The monoisotopic (exact) mass is 188 g/mol. The molecule has 0 aliphatic carbocycles. The smallest absolute Gasteiger partial charge is 0.212 e. The lowest BCUT2D eigenvalue weighted by molar-refractivity contribution is 0.397. The summed E-state index contributed by atoms with van der Waals surface area (Å²) in [6, 6.07) is 7.92. The molecule has 2 rings (SSSR count). The average molecular weight is 188 g/mol. The molecule has 0 fully saturated rings. The van der Waals surface area contributed by atoms with Crippen LogP contribution in [0.5, 0.6) is 5.88 Å². The van der Waals surface area contributed by atoms with E-state index in [1.54, 1.807) is 7.11 Å². The van der Waals surface area contributed by atoms with Crippen molar-refractivity contribution < 1.29 is 4.74 Å². The van der Waals surface area contributed by atoms with Gasteiger partial charge in [0.15, 0.2) is 0 Å². The van der Waals surface area contributed by atoms with Crippen LogP contribution in [0.15, 0.2) is 42.9 Å². The molecular formula is C11H12N2O. The van der Waals surface area contributed by atoms with Crippen molar-refractivity contribution in [3.8, 4) is 5.88 Å². The van der Waals surface area contributed by atoms with Crippen molar-refractivity contribution in [1.82, 2.24) is 9.55 Å². The zero-order valence-electron chi connectivity index (χ0n) is 8.05. The highest BCUT2D eigenvalue weighted by Crippen LogP contribution is 2.07. The normalized spacial score (nSPS) is 10.1. The zero-order valence-corrected chi connectivity index (χ0v) is 8.05. The van der Waals surface area contributed by atoms with Gasteiger partial charge in [-0.15, -0.1) is 0 Å². The van der Waals surface area contributed by atoms with Crippen LogP contribution in [0.1, 0.15) is 5.56 Å². The molecule has 14 heavy (non-hydrogen) atoms. The SMILES string of the molecule is COc1ccc(Cn2cccc2)cn1. The summed E-state index contributed by atoms with van der Waals surface area (Å²) in [4.78, 5) is 4.14. The predicted molar refractivity (Wildman–Crippen MR) is 54.3 cm³/mol. The molecule has 0 bridgehead atoms. The number of hydrogen-bond donors (Lipinski definition) is 0.